The van der Waals surface area contributed by atoms with Gasteiger partial charge >= 0.3 is 5.97 Å². The molecule has 1 saturated carbocycles. The van der Waals surface area contributed by atoms with Crippen molar-refractivity contribution in [1.82, 2.24) is 5.32 Å². The molecule has 1 aromatic rings. The Morgan fingerprint density at radius 1 is 1.21 bits per heavy atom. The number of carbonyl (C=O) groups excluding carboxylic acids is 3. The fourth-order valence-electron chi connectivity index (χ4n) is 4.37. The third-order valence-corrected chi connectivity index (χ3v) is 6.83. The number of carbonyl (C=O) groups is 3. The molecule has 3 aliphatic rings. The molecular weight excluding hydrogens is 440 g/mol. The van der Waals surface area contributed by atoms with Crippen molar-refractivity contribution in [3.05, 3.63) is 28.7 Å². The maximum absolute atomic E-state index is 12.4. The van der Waals surface area contributed by atoms with Gasteiger partial charge in [0.25, 0.3) is 11.1 Å². The molecule has 8 heteroatoms. The molecule has 3 fully saturated rings. The first-order valence-corrected chi connectivity index (χ1v) is 12.5. The molecule has 1 N–H and O–H groups in total. The van der Waals surface area contributed by atoms with Crippen molar-refractivity contribution >= 4 is 40.6 Å². The fraction of sp³-hybridized carbons (Fsp3) is 0.560. The van der Waals surface area contributed by atoms with E-state index in [2.05, 4.69) is 10.2 Å². The number of piperidine rings is 1. The summed E-state index contributed by atoms with van der Waals surface area (Å²) in [5.74, 6) is 0.425. The first-order valence-electron chi connectivity index (χ1n) is 11.7. The van der Waals surface area contributed by atoms with Gasteiger partial charge in [-0.3, -0.25) is 19.7 Å². The number of ether oxygens (including phenoxy) is 2. The number of para-hydroxylation sites is 1. The van der Waals surface area contributed by atoms with E-state index in [0.29, 0.717) is 17.9 Å². The molecule has 7 nitrogen and oxygen atoms in total. The van der Waals surface area contributed by atoms with Crippen molar-refractivity contribution in [1.29, 1.82) is 0 Å². The van der Waals surface area contributed by atoms with E-state index in [1.807, 2.05) is 39.0 Å². The zero-order valence-corrected chi connectivity index (χ0v) is 20.3. The molecule has 1 aliphatic carbocycles. The molecule has 0 radical (unpaired) electrons. The Kier molecular flexibility index (Phi) is 7.02. The van der Waals surface area contributed by atoms with E-state index in [-0.39, 0.29) is 29.1 Å². The van der Waals surface area contributed by atoms with Crippen LogP contribution < -0.4 is 15.0 Å². The van der Waals surface area contributed by atoms with Crippen molar-refractivity contribution in [2.75, 3.05) is 18.0 Å². The van der Waals surface area contributed by atoms with Crippen LogP contribution in [-0.4, -0.2) is 41.9 Å². The summed E-state index contributed by atoms with van der Waals surface area (Å²) in [6.45, 7) is 7.19. The van der Waals surface area contributed by atoms with Crippen molar-refractivity contribution < 1.29 is 23.9 Å². The van der Waals surface area contributed by atoms with Gasteiger partial charge in [-0.25, -0.2) is 0 Å². The van der Waals surface area contributed by atoms with E-state index in [4.69, 9.17) is 9.47 Å². The number of thioether (sulfide) groups is 1. The van der Waals surface area contributed by atoms with Crippen LogP contribution >= 0.6 is 11.8 Å². The van der Waals surface area contributed by atoms with E-state index in [1.165, 1.54) is 6.42 Å². The highest BCUT2D eigenvalue weighted by Crippen LogP contribution is 2.40. The molecular formula is C25H32N2O5S. The predicted molar refractivity (Wildman–Crippen MR) is 129 cm³/mol. The largest absolute Gasteiger partial charge is 0.488 e. The van der Waals surface area contributed by atoms with Crippen LogP contribution in [0.15, 0.2) is 23.1 Å². The number of nitrogens with zero attached hydrogens (tertiary/aromatic N) is 1. The van der Waals surface area contributed by atoms with Crippen molar-refractivity contribution in [2.45, 2.75) is 71.0 Å². The number of hydrogen-bond acceptors (Lipinski definition) is 7. The number of hydrogen-bond donors (Lipinski definition) is 1. The van der Waals surface area contributed by atoms with Crippen LogP contribution in [0.25, 0.3) is 6.08 Å². The second kappa shape index (κ2) is 9.79. The lowest BCUT2D eigenvalue weighted by Gasteiger charge is -2.37. The van der Waals surface area contributed by atoms with Crippen molar-refractivity contribution in [3.63, 3.8) is 0 Å². The quantitative estimate of drug-likeness (QED) is 0.466. The number of esters is 1. The lowest BCUT2D eigenvalue weighted by Crippen LogP contribution is -2.38. The van der Waals surface area contributed by atoms with Gasteiger partial charge in [0.05, 0.1) is 23.1 Å². The van der Waals surface area contributed by atoms with Crippen LogP contribution in [0.4, 0.5) is 10.5 Å². The first-order chi connectivity index (χ1) is 15.7. The van der Waals surface area contributed by atoms with Crippen LogP contribution in [0.2, 0.25) is 0 Å². The average Bonchev–Trinajstić information content (AvgIpc) is 3.00. The summed E-state index contributed by atoms with van der Waals surface area (Å²) in [6, 6.07) is 5.84. The lowest BCUT2D eigenvalue weighted by molar-refractivity contribution is -0.156. The second-order valence-electron chi connectivity index (χ2n) is 9.96. The predicted octanol–water partition coefficient (Wildman–Crippen LogP) is 4.89. The van der Waals surface area contributed by atoms with Crippen LogP contribution in [0.1, 0.15) is 64.9 Å². The Labute approximate surface area is 199 Å². The van der Waals surface area contributed by atoms with Gasteiger partial charge in [-0.1, -0.05) is 12.1 Å². The summed E-state index contributed by atoms with van der Waals surface area (Å²) in [6.07, 6.45) is 7.52. The van der Waals surface area contributed by atoms with Crippen LogP contribution in [0.3, 0.4) is 0 Å². The van der Waals surface area contributed by atoms with Crippen LogP contribution in [-0.2, 0) is 14.3 Å². The molecule has 2 amide bonds. The first kappa shape index (κ1) is 23.7. The monoisotopic (exact) mass is 472 g/mol. The molecule has 33 heavy (non-hydrogen) atoms. The zero-order chi connectivity index (χ0) is 23.6. The Morgan fingerprint density at radius 2 is 2.00 bits per heavy atom. The number of amides is 2. The van der Waals surface area contributed by atoms with Gasteiger partial charge in [-0.2, -0.15) is 0 Å². The molecule has 2 heterocycles. The summed E-state index contributed by atoms with van der Waals surface area (Å²) in [4.78, 5) is 38.9. The number of anilines is 1. The standard InChI is InChI=1S/C25H32N2O5S/c1-25(2,3)32-21(28)13-16-7-6-12-27(15-16)22-17(14-20-23(29)26-24(30)33-20)8-4-11-19(22)31-18-9-5-10-18/h4,8,11,14,16,18H,5-7,9-10,12-13,15H2,1-3H3,(H,26,29,30)/b20-14-/t16-/m0/s1. The molecule has 0 unspecified atom stereocenters. The Bertz CT molecular complexity index is 964. The van der Waals surface area contributed by atoms with Crippen LogP contribution in [0, 0.1) is 5.92 Å². The van der Waals surface area contributed by atoms with Crippen LogP contribution in [0.5, 0.6) is 5.75 Å². The maximum Gasteiger partial charge on any atom is 0.306 e. The third-order valence-electron chi connectivity index (χ3n) is 6.02. The Hall–Kier alpha value is -2.48. The van der Waals surface area contributed by atoms with E-state index in [0.717, 1.165) is 61.0 Å². The van der Waals surface area contributed by atoms with E-state index in [1.54, 1.807) is 6.08 Å². The van der Waals surface area contributed by atoms with Gasteiger partial charge in [0, 0.05) is 18.7 Å². The minimum Gasteiger partial charge on any atom is -0.488 e. The second-order valence-corrected chi connectivity index (χ2v) is 11.0. The molecule has 0 spiro atoms. The number of rotatable bonds is 6. The Morgan fingerprint density at radius 3 is 2.64 bits per heavy atom. The van der Waals surface area contributed by atoms with E-state index < -0.39 is 5.60 Å². The highest BCUT2D eigenvalue weighted by Gasteiger charge is 2.30. The topological polar surface area (TPSA) is 84.9 Å². The highest BCUT2D eigenvalue weighted by molar-refractivity contribution is 8.18. The van der Waals surface area contributed by atoms with Gasteiger partial charge in [-0.05, 0) is 82.7 Å². The molecule has 178 valence electrons. The molecule has 0 bridgehead atoms. The number of benzene rings is 1. The summed E-state index contributed by atoms with van der Waals surface area (Å²) in [7, 11) is 0. The van der Waals surface area contributed by atoms with Gasteiger partial charge in [0.2, 0.25) is 0 Å². The van der Waals surface area contributed by atoms with E-state index in [9.17, 15) is 14.4 Å². The van der Waals surface area contributed by atoms with Gasteiger partial charge in [-0.15, -0.1) is 0 Å². The minimum absolute atomic E-state index is 0.173. The highest BCUT2D eigenvalue weighted by atomic mass is 32.2. The van der Waals surface area contributed by atoms with Gasteiger partial charge < -0.3 is 14.4 Å². The Balaban J connectivity index is 1.60. The zero-order valence-electron chi connectivity index (χ0n) is 19.5. The van der Waals surface area contributed by atoms with Gasteiger partial charge in [0.15, 0.2) is 0 Å². The molecule has 2 saturated heterocycles. The molecule has 1 aromatic carbocycles. The van der Waals surface area contributed by atoms with Gasteiger partial charge in [0.1, 0.15) is 11.4 Å². The molecule has 0 aromatic heterocycles. The molecule has 1 atom stereocenters. The summed E-state index contributed by atoms with van der Waals surface area (Å²) >= 11 is 0.914. The molecule has 2 aliphatic heterocycles. The average molecular weight is 473 g/mol. The smallest absolute Gasteiger partial charge is 0.306 e. The summed E-state index contributed by atoms with van der Waals surface area (Å²) in [5.41, 5.74) is 1.28. The molecule has 4 rings (SSSR count). The normalized spacial score (nSPS) is 22.8. The maximum atomic E-state index is 12.4. The number of imide groups is 1. The fourth-order valence-corrected chi connectivity index (χ4v) is 5.05. The summed E-state index contributed by atoms with van der Waals surface area (Å²) in [5, 5.41) is 1.96. The number of nitrogens with one attached hydrogen (secondary N) is 1. The third kappa shape index (κ3) is 6.10. The SMILES string of the molecule is CC(C)(C)OC(=O)C[C@@H]1CCCN(c2c(/C=C3\SC(=O)NC3=O)cccc2OC2CCC2)C1. The minimum atomic E-state index is -0.495. The summed E-state index contributed by atoms with van der Waals surface area (Å²) < 4.78 is 11.9. The van der Waals surface area contributed by atoms with E-state index >= 15 is 0 Å². The van der Waals surface area contributed by atoms with Crippen molar-refractivity contribution in [2.24, 2.45) is 5.92 Å². The lowest BCUT2D eigenvalue weighted by atomic mass is 9.93. The van der Waals surface area contributed by atoms with Crippen molar-refractivity contribution in [3.8, 4) is 5.75 Å².